The highest BCUT2D eigenvalue weighted by Gasteiger charge is 2.54. The molecule has 65 heavy (non-hydrogen) atoms. The van der Waals surface area contributed by atoms with E-state index in [0.717, 1.165) is 64.2 Å². The maximum atomic E-state index is 13.0. The largest absolute Gasteiger partial charge is 0.472 e. The minimum absolute atomic E-state index is 0.0388. The van der Waals surface area contributed by atoms with Gasteiger partial charge in [0, 0.05) is 12.8 Å². The van der Waals surface area contributed by atoms with E-state index in [-0.39, 0.29) is 12.8 Å². The van der Waals surface area contributed by atoms with E-state index in [4.69, 9.17) is 28.3 Å². The van der Waals surface area contributed by atoms with Crippen LogP contribution < -0.4 is 0 Å². The lowest BCUT2D eigenvalue weighted by atomic mass is 9.85. The zero-order chi connectivity index (χ0) is 48.5. The summed E-state index contributed by atoms with van der Waals surface area (Å²) in [5.41, 5.74) is 0. The number of hydrogen-bond acceptors (Lipinski definition) is 15. The van der Waals surface area contributed by atoms with Crippen molar-refractivity contribution in [3.8, 4) is 0 Å². The van der Waals surface area contributed by atoms with Gasteiger partial charge in [-0.3, -0.25) is 23.2 Å². The van der Waals surface area contributed by atoms with E-state index in [1.54, 1.807) is 0 Å². The van der Waals surface area contributed by atoms with Crippen LogP contribution in [0.4, 0.5) is 0 Å². The van der Waals surface area contributed by atoms with Crippen molar-refractivity contribution in [2.75, 3.05) is 13.2 Å². The fourth-order valence-electron chi connectivity index (χ4n) is 6.76. The van der Waals surface area contributed by atoms with E-state index in [1.807, 2.05) is 24.3 Å². The third-order valence-corrected chi connectivity index (χ3v) is 12.1. The number of ether oxygens (including phenoxy) is 2. The summed E-state index contributed by atoms with van der Waals surface area (Å²) in [5.74, 6) is -1.37. The summed E-state index contributed by atoms with van der Waals surface area (Å²) in [7, 11) is -10.7. The molecular formula is C45H80O18P2. The van der Waals surface area contributed by atoms with E-state index in [9.17, 15) is 54.3 Å². The summed E-state index contributed by atoms with van der Waals surface area (Å²) in [6, 6.07) is 0. The number of phosphoric acid groups is 2. The number of esters is 2. The maximum Gasteiger partial charge on any atom is 0.472 e. The fraction of sp³-hybridized carbons (Fsp3) is 0.778. The Hall–Kier alpha value is -2.12. The minimum Gasteiger partial charge on any atom is -0.462 e. The number of aliphatic hydroxyl groups excluding tert-OH is 6. The highest BCUT2D eigenvalue weighted by Crippen LogP contribution is 2.49. The van der Waals surface area contributed by atoms with Crippen molar-refractivity contribution in [3.05, 3.63) is 48.6 Å². The van der Waals surface area contributed by atoms with Gasteiger partial charge in [0.15, 0.2) is 6.10 Å². The zero-order valence-corrected chi connectivity index (χ0v) is 40.2. The van der Waals surface area contributed by atoms with Gasteiger partial charge in [0.1, 0.15) is 43.2 Å². The predicted molar refractivity (Wildman–Crippen MR) is 244 cm³/mol. The van der Waals surface area contributed by atoms with Gasteiger partial charge in [-0.05, 0) is 77.0 Å². The molecule has 0 saturated heterocycles. The Balaban J connectivity index is 2.69. The summed E-state index contributed by atoms with van der Waals surface area (Å²) in [6.07, 6.45) is 16.6. The smallest absolute Gasteiger partial charge is 0.462 e. The fourth-order valence-corrected chi connectivity index (χ4v) is 8.30. The van der Waals surface area contributed by atoms with E-state index < -0.39 is 95.7 Å². The summed E-state index contributed by atoms with van der Waals surface area (Å²) >= 11 is 0. The monoisotopic (exact) mass is 970 g/mol. The molecule has 0 aromatic rings. The van der Waals surface area contributed by atoms with Crippen LogP contribution in [0.2, 0.25) is 0 Å². The molecule has 378 valence electrons. The predicted octanol–water partition coefficient (Wildman–Crippen LogP) is 6.45. The molecule has 1 saturated carbocycles. The quantitative estimate of drug-likeness (QED) is 0.0139. The lowest BCUT2D eigenvalue weighted by molar-refractivity contribution is -0.216. The summed E-state index contributed by atoms with van der Waals surface area (Å²) < 4.78 is 49.2. The van der Waals surface area contributed by atoms with Crippen LogP contribution in [-0.4, -0.2) is 125 Å². The van der Waals surface area contributed by atoms with E-state index in [1.165, 1.54) is 19.3 Å². The minimum atomic E-state index is -5.39. The first kappa shape index (κ1) is 60.9. The molecule has 18 nitrogen and oxygen atoms in total. The van der Waals surface area contributed by atoms with Gasteiger partial charge in [-0.2, -0.15) is 0 Å². The highest BCUT2D eigenvalue weighted by atomic mass is 31.2. The zero-order valence-electron chi connectivity index (χ0n) is 38.4. The van der Waals surface area contributed by atoms with E-state index in [0.29, 0.717) is 44.9 Å². The second-order valence-corrected chi connectivity index (χ2v) is 19.0. The SMILES string of the molecule is CCCCC/C=C\C/C=C\C/C=C\CCCCC(=O)OC[C@H](COP(=O)(O)O[C@H]1C(O)C(O)C(O)[C@@H](OP(=O)(O)O)C1O)OC(=O)CCCCCCC[C@H](O)[C@@H](O)C/C=C\CCCCC. The molecule has 1 rings (SSSR count). The first-order valence-corrected chi connectivity index (χ1v) is 26.4. The number of aliphatic hydroxyl groups is 6. The Morgan fingerprint density at radius 3 is 1.63 bits per heavy atom. The molecule has 1 aliphatic carbocycles. The first-order valence-electron chi connectivity index (χ1n) is 23.3. The number of allylic oxidation sites excluding steroid dienone is 7. The third-order valence-electron chi connectivity index (χ3n) is 10.6. The molecule has 0 radical (unpaired) electrons. The van der Waals surface area contributed by atoms with Gasteiger partial charge < -0.3 is 54.8 Å². The Labute approximate surface area is 385 Å². The Morgan fingerprint density at radius 1 is 0.554 bits per heavy atom. The molecule has 9 N–H and O–H groups in total. The van der Waals surface area contributed by atoms with Crippen molar-refractivity contribution < 1.29 is 87.1 Å². The van der Waals surface area contributed by atoms with Crippen LogP contribution in [-0.2, 0) is 41.8 Å². The van der Waals surface area contributed by atoms with Gasteiger partial charge in [0.05, 0.1) is 18.8 Å². The van der Waals surface area contributed by atoms with Crippen molar-refractivity contribution in [1.82, 2.24) is 0 Å². The van der Waals surface area contributed by atoms with Crippen LogP contribution in [0.15, 0.2) is 48.6 Å². The molecule has 0 bridgehead atoms. The van der Waals surface area contributed by atoms with Crippen molar-refractivity contribution in [2.24, 2.45) is 0 Å². The standard InChI is InChI=1S/C45H80O18P2/c1-3-5-7-9-11-12-13-14-15-16-17-18-19-23-27-31-38(48)59-33-35(34-60-65(57,58)63-45-42(52)40(50)41(51)44(43(45)53)62-64(54,55)56)61-39(49)32-28-24-20-22-26-30-37(47)36(46)29-25-21-10-8-6-4-2/h11-12,14-15,17-18,21,25,35-37,40-47,50-53H,3-10,13,16,19-20,22-24,26-34H2,1-2H3,(H,57,58)(H2,54,55,56)/b12-11-,15-14-,18-17-,25-21-/t35-,36+,37+,40?,41?,42?,43?,44-,45+/m1/s1. The van der Waals surface area contributed by atoms with Gasteiger partial charge in [-0.25, -0.2) is 9.13 Å². The van der Waals surface area contributed by atoms with Crippen molar-refractivity contribution in [1.29, 1.82) is 0 Å². The Kier molecular flexibility index (Phi) is 33.7. The van der Waals surface area contributed by atoms with Crippen LogP contribution in [0.3, 0.4) is 0 Å². The van der Waals surface area contributed by atoms with Gasteiger partial charge in [0.2, 0.25) is 0 Å². The van der Waals surface area contributed by atoms with Crippen molar-refractivity contribution >= 4 is 27.6 Å². The number of carbonyl (C=O) groups is 2. The molecule has 0 spiro atoms. The topological polar surface area (TPSA) is 296 Å². The molecular weight excluding hydrogens is 890 g/mol. The molecule has 1 fully saturated rings. The number of phosphoric ester groups is 2. The highest BCUT2D eigenvalue weighted by molar-refractivity contribution is 7.47. The second-order valence-electron chi connectivity index (χ2n) is 16.4. The Morgan fingerprint density at radius 2 is 1.05 bits per heavy atom. The molecule has 20 heteroatoms. The summed E-state index contributed by atoms with van der Waals surface area (Å²) in [6.45, 7) is 2.85. The average molecular weight is 971 g/mol. The average Bonchev–Trinajstić information content (AvgIpc) is 3.25. The van der Waals surface area contributed by atoms with Crippen LogP contribution in [0.25, 0.3) is 0 Å². The van der Waals surface area contributed by atoms with Crippen LogP contribution in [0, 0.1) is 0 Å². The van der Waals surface area contributed by atoms with Gasteiger partial charge >= 0.3 is 27.6 Å². The Bertz CT molecular complexity index is 1480. The van der Waals surface area contributed by atoms with Crippen molar-refractivity contribution in [3.63, 3.8) is 0 Å². The second kappa shape index (κ2) is 35.9. The van der Waals surface area contributed by atoms with Gasteiger partial charge in [-0.15, -0.1) is 0 Å². The van der Waals surface area contributed by atoms with Crippen LogP contribution in [0.1, 0.15) is 155 Å². The molecule has 5 unspecified atom stereocenters. The number of carbonyl (C=O) groups excluding carboxylic acids is 2. The lowest BCUT2D eigenvalue weighted by Crippen LogP contribution is -2.64. The number of hydrogen-bond donors (Lipinski definition) is 9. The molecule has 0 aromatic heterocycles. The molecule has 0 aromatic carbocycles. The molecule has 10 atom stereocenters. The lowest BCUT2D eigenvalue weighted by Gasteiger charge is -2.43. The number of rotatable bonds is 38. The third kappa shape index (κ3) is 30.1. The van der Waals surface area contributed by atoms with Crippen LogP contribution >= 0.6 is 15.6 Å². The summed E-state index contributed by atoms with van der Waals surface area (Å²) in [4.78, 5) is 54.2. The normalized spacial score (nSPS) is 23.1. The molecule has 1 aliphatic rings. The molecule has 0 aliphatic heterocycles. The molecule has 0 heterocycles. The number of unbranched alkanes of at least 4 members (excludes halogenated alkanes) is 12. The van der Waals surface area contributed by atoms with E-state index >= 15 is 0 Å². The van der Waals surface area contributed by atoms with Gasteiger partial charge in [-0.1, -0.05) is 114 Å². The van der Waals surface area contributed by atoms with Crippen LogP contribution in [0.5, 0.6) is 0 Å². The first-order chi connectivity index (χ1) is 30.9. The summed E-state index contributed by atoms with van der Waals surface area (Å²) in [5, 5.41) is 61.7. The maximum absolute atomic E-state index is 13.0. The van der Waals surface area contributed by atoms with Crippen molar-refractivity contribution in [2.45, 2.75) is 210 Å². The molecule has 0 amide bonds. The van der Waals surface area contributed by atoms with Gasteiger partial charge in [0.25, 0.3) is 0 Å². The van der Waals surface area contributed by atoms with E-state index in [2.05, 4.69) is 42.7 Å².